The maximum Gasteiger partial charge on any atom is 0.145 e. The first-order valence-corrected chi connectivity index (χ1v) is 5.36. The predicted molar refractivity (Wildman–Crippen MR) is 46.5 cm³/mol. The second kappa shape index (κ2) is 3.25. The van der Waals surface area contributed by atoms with Crippen LogP contribution in [0.15, 0.2) is 0 Å². The van der Waals surface area contributed by atoms with Crippen molar-refractivity contribution in [1.29, 1.82) is 0 Å². The molecule has 3 heteroatoms. The quantitative estimate of drug-likeness (QED) is 0.449. The fourth-order valence-electron chi connectivity index (χ4n) is 2.03. The van der Waals surface area contributed by atoms with E-state index in [1.54, 1.807) is 0 Å². The van der Waals surface area contributed by atoms with Crippen LogP contribution < -0.4 is 0 Å². The summed E-state index contributed by atoms with van der Waals surface area (Å²) < 4.78 is 10.6. The summed E-state index contributed by atoms with van der Waals surface area (Å²) in [7, 11) is 0.893. The first kappa shape index (κ1) is 7.77. The highest BCUT2D eigenvalue weighted by molar-refractivity contribution is 5.97. The Labute approximate surface area is 70.8 Å². The smallest absolute Gasteiger partial charge is 0.145 e. The minimum absolute atomic E-state index is 0.642. The summed E-state index contributed by atoms with van der Waals surface area (Å²) in [4.78, 5) is 0. The van der Waals surface area contributed by atoms with E-state index in [0.29, 0.717) is 12.2 Å². The van der Waals surface area contributed by atoms with E-state index in [1.165, 1.54) is 25.7 Å². The van der Waals surface area contributed by atoms with Crippen molar-refractivity contribution in [2.24, 2.45) is 5.92 Å². The summed E-state index contributed by atoms with van der Waals surface area (Å²) in [5, 5.41) is 0. The zero-order chi connectivity index (χ0) is 7.68. The molecule has 3 atom stereocenters. The molecular weight excluding hydrogens is 156 g/mol. The van der Waals surface area contributed by atoms with Gasteiger partial charge in [-0.05, 0) is 31.6 Å². The fraction of sp³-hybridized carbons (Fsp3) is 1.00. The third-order valence-electron chi connectivity index (χ3n) is 2.84. The van der Waals surface area contributed by atoms with Crippen molar-refractivity contribution in [3.05, 3.63) is 0 Å². The van der Waals surface area contributed by atoms with Crippen LogP contribution in [0.2, 0.25) is 0 Å². The topological polar surface area (TPSA) is 21.8 Å². The molecule has 0 spiro atoms. The lowest BCUT2D eigenvalue weighted by Crippen LogP contribution is -2.14. The molecule has 2 nitrogen and oxygen atoms in total. The van der Waals surface area contributed by atoms with Crippen LogP contribution in [0.5, 0.6) is 0 Å². The molecule has 3 unspecified atom stereocenters. The molecule has 0 aromatic rings. The van der Waals surface area contributed by atoms with E-state index in [9.17, 15) is 0 Å². The van der Waals surface area contributed by atoms with Crippen LogP contribution in [0.1, 0.15) is 25.7 Å². The lowest BCUT2D eigenvalue weighted by molar-refractivity contribution is 0.269. The Hall–Kier alpha value is 0.137. The third kappa shape index (κ3) is 1.83. The lowest BCUT2D eigenvalue weighted by atomic mass is 9.87. The SMILES string of the molecule is [SiH3]OCCC1CCC2OC2C1. The first-order chi connectivity index (χ1) is 5.40. The van der Waals surface area contributed by atoms with Gasteiger partial charge in [-0.1, -0.05) is 0 Å². The Morgan fingerprint density at radius 2 is 2.27 bits per heavy atom. The maximum absolute atomic E-state index is 5.46. The third-order valence-corrected chi connectivity index (χ3v) is 3.25. The van der Waals surface area contributed by atoms with Crippen molar-refractivity contribution >= 4 is 10.5 Å². The van der Waals surface area contributed by atoms with Gasteiger partial charge < -0.3 is 9.16 Å². The van der Waals surface area contributed by atoms with Crippen LogP contribution in [-0.2, 0) is 9.16 Å². The molecule has 0 radical (unpaired) electrons. The molecule has 11 heavy (non-hydrogen) atoms. The predicted octanol–water partition coefficient (Wildman–Crippen LogP) is 0.241. The standard InChI is InChI=1S/C8H16O2Si/c11-9-4-3-6-1-2-7-8(5-6)10-7/h6-8H,1-5H2,11H3. The van der Waals surface area contributed by atoms with Gasteiger partial charge in [-0.25, -0.2) is 0 Å². The molecule has 2 fully saturated rings. The summed E-state index contributed by atoms with van der Waals surface area (Å²) in [6.07, 6.45) is 6.53. The molecule has 0 aromatic heterocycles. The molecule has 0 aromatic carbocycles. The number of epoxide rings is 1. The molecule has 2 rings (SSSR count). The zero-order valence-electron chi connectivity index (χ0n) is 7.08. The van der Waals surface area contributed by atoms with E-state index >= 15 is 0 Å². The Kier molecular flexibility index (Phi) is 2.30. The number of ether oxygens (including phenoxy) is 1. The zero-order valence-corrected chi connectivity index (χ0v) is 9.08. The molecular formula is C8H16O2Si. The molecule has 2 aliphatic rings. The average molecular weight is 172 g/mol. The van der Waals surface area contributed by atoms with E-state index in [0.717, 1.165) is 23.0 Å². The normalized spacial score (nSPS) is 42.0. The molecule has 1 aliphatic heterocycles. The van der Waals surface area contributed by atoms with Gasteiger partial charge in [-0.3, -0.25) is 0 Å². The number of hydrogen-bond acceptors (Lipinski definition) is 2. The minimum atomic E-state index is 0.642. The molecule has 1 saturated carbocycles. The molecule has 64 valence electrons. The van der Waals surface area contributed by atoms with Crippen molar-refractivity contribution in [2.45, 2.75) is 37.9 Å². The van der Waals surface area contributed by atoms with Crippen molar-refractivity contribution in [3.8, 4) is 0 Å². The van der Waals surface area contributed by atoms with Gasteiger partial charge in [0.25, 0.3) is 0 Å². The maximum atomic E-state index is 5.46. The Balaban J connectivity index is 1.68. The average Bonchev–Trinajstić information content (AvgIpc) is 2.78. The van der Waals surface area contributed by atoms with Crippen molar-refractivity contribution in [3.63, 3.8) is 0 Å². The van der Waals surface area contributed by atoms with Crippen molar-refractivity contribution in [2.75, 3.05) is 6.61 Å². The summed E-state index contributed by atoms with van der Waals surface area (Å²) in [5.41, 5.74) is 0. The Bertz CT molecular complexity index is 140. The molecule has 0 N–H and O–H groups in total. The highest BCUT2D eigenvalue weighted by atomic mass is 28.2. The van der Waals surface area contributed by atoms with Crippen LogP contribution >= 0.6 is 0 Å². The molecule has 1 heterocycles. The van der Waals surface area contributed by atoms with E-state index in [4.69, 9.17) is 9.16 Å². The van der Waals surface area contributed by atoms with E-state index in [1.807, 2.05) is 0 Å². The highest BCUT2D eigenvalue weighted by Gasteiger charge is 2.43. The van der Waals surface area contributed by atoms with Gasteiger partial charge in [0.15, 0.2) is 0 Å². The Morgan fingerprint density at radius 1 is 1.36 bits per heavy atom. The molecule has 0 bridgehead atoms. The van der Waals surface area contributed by atoms with Gasteiger partial charge in [0.05, 0.1) is 12.2 Å². The van der Waals surface area contributed by atoms with E-state index < -0.39 is 0 Å². The molecule has 1 aliphatic carbocycles. The lowest BCUT2D eigenvalue weighted by Gasteiger charge is -2.17. The van der Waals surface area contributed by atoms with E-state index in [-0.39, 0.29) is 0 Å². The molecule has 0 amide bonds. The van der Waals surface area contributed by atoms with Crippen LogP contribution in [0, 0.1) is 5.92 Å². The highest BCUT2D eigenvalue weighted by Crippen LogP contribution is 2.40. The van der Waals surface area contributed by atoms with Crippen LogP contribution in [-0.4, -0.2) is 29.3 Å². The van der Waals surface area contributed by atoms with Crippen LogP contribution in [0.3, 0.4) is 0 Å². The van der Waals surface area contributed by atoms with Crippen LogP contribution in [0.25, 0.3) is 0 Å². The fourth-order valence-corrected chi connectivity index (χ4v) is 2.27. The largest absolute Gasteiger partial charge is 0.428 e. The molecule has 1 saturated heterocycles. The number of fused-ring (bicyclic) bond motifs is 1. The van der Waals surface area contributed by atoms with Gasteiger partial charge in [0.2, 0.25) is 0 Å². The monoisotopic (exact) mass is 172 g/mol. The number of hydrogen-bond donors (Lipinski definition) is 0. The van der Waals surface area contributed by atoms with E-state index in [2.05, 4.69) is 0 Å². The number of rotatable bonds is 3. The van der Waals surface area contributed by atoms with Crippen LogP contribution in [0.4, 0.5) is 0 Å². The van der Waals surface area contributed by atoms with Crippen molar-refractivity contribution in [1.82, 2.24) is 0 Å². The summed E-state index contributed by atoms with van der Waals surface area (Å²) in [6.45, 7) is 0.980. The minimum Gasteiger partial charge on any atom is -0.428 e. The summed E-state index contributed by atoms with van der Waals surface area (Å²) in [5.74, 6) is 0.896. The first-order valence-electron chi connectivity index (χ1n) is 4.54. The summed E-state index contributed by atoms with van der Waals surface area (Å²) >= 11 is 0. The Morgan fingerprint density at radius 3 is 3.00 bits per heavy atom. The second-order valence-electron chi connectivity index (χ2n) is 3.67. The second-order valence-corrected chi connectivity index (χ2v) is 4.25. The summed E-state index contributed by atoms with van der Waals surface area (Å²) in [6, 6.07) is 0. The van der Waals surface area contributed by atoms with Gasteiger partial charge in [0.1, 0.15) is 10.5 Å². The van der Waals surface area contributed by atoms with Gasteiger partial charge in [-0.2, -0.15) is 0 Å². The van der Waals surface area contributed by atoms with Gasteiger partial charge in [-0.15, -0.1) is 0 Å². The van der Waals surface area contributed by atoms with Gasteiger partial charge >= 0.3 is 0 Å². The van der Waals surface area contributed by atoms with Gasteiger partial charge in [0, 0.05) is 6.61 Å². The van der Waals surface area contributed by atoms with Crippen molar-refractivity contribution < 1.29 is 9.16 Å².